The number of methoxy groups -OCH3 is 1. The lowest BCUT2D eigenvalue weighted by Crippen LogP contribution is -2.37. The van der Waals surface area contributed by atoms with Gasteiger partial charge in [-0.1, -0.05) is 30.3 Å². The van der Waals surface area contributed by atoms with Crippen molar-refractivity contribution in [2.75, 3.05) is 46.7 Å². The van der Waals surface area contributed by atoms with Crippen LogP contribution in [0.5, 0.6) is 11.5 Å². The maximum Gasteiger partial charge on any atom is 0.195 e. The predicted octanol–water partition coefficient (Wildman–Crippen LogP) is 3.38. The van der Waals surface area contributed by atoms with Gasteiger partial charge < -0.3 is 25.0 Å². The highest BCUT2D eigenvalue weighted by Crippen LogP contribution is 2.30. The van der Waals surface area contributed by atoms with E-state index >= 15 is 0 Å². The molecule has 6 heteroatoms. The van der Waals surface area contributed by atoms with Crippen molar-refractivity contribution in [2.24, 2.45) is 4.99 Å². The van der Waals surface area contributed by atoms with E-state index in [1.807, 2.05) is 31.2 Å². The van der Waals surface area contributed by atoms with Gasteiger partial charge in [-0.2, -0.15) is 0 Å². The van der Waals surface area contributed by atoms with Gasteiger partial charge in [-0.05, 0) is 38.7 Å². The van der Waals surface area contributed by atoms with Crippen LogP contribution < -0.4 is 20.1 Å². The molecule has 2 aromatic carbocycles. The first kappa shape index (κ1) is 20.6. The largest absolute Gasteiger partial charge is 0.493 e. The van der Waals surface area contributed by atoms with Crippen LogP contribution in [0.2, 0.25) is 0 Å². The third kappa shape index (κ3) is 5.89. The smallest absolute Gasteiger partial charge is 0.195 e. The van der Waals surface area contributed by atoms with Gasteiger partial charge in [0.25, 0.3) is 0 Å². The fraction of sp³-hybridized carbons (Fsp3) is 0.381. The van der Waals surface area contributed by atoms with Crippen LogP contribution in [0, 0.1) is 0 Å². The molecule has 2 aromatic rings. The summed E-state index contributed by atoms with van der Waals surface area (Å²) in [5.74, 6) is 2.11. The van der Waals surface area contributed by atoms with Crippen LogP contribution in [0.25, 0.3) is 0 Å². The Morgan fingerprint density at radius 3 is 2.44 bits per heavy atom. The van der Waals surface area contributed by atoms with Gasteiger partial charge in [0.1, 0.15) is 0 Å². The molecule has 0 amide bonds. The number of ether oxygens (including phenoxy) is 2. The molecule has 2 N–H and O–H groups in total. The summed E-state index contributed by atoms with van der Waals surface area (Å²) in [7, 11) is 7.55. The Morgan fingerprint density at radius 1 is 1.11 bits per heavy atom. The predicted molar refractivity (Wildman–Crippen MR) is 112 cm³/mol. The number of nitrogens with zero attached hydrogens (tertiary/aromatic N) is 2. The van der Waals surface area contributed by atoms with Crippen molar-refractivity contribution in [1.29, 1.82) is 0 Å². The SMILES string of the molecule is CCOc1cc(NC(=NC)NCC(c2ccccc2)N(C)C)ccc1OC. The van der Waals surface area contributed by atoms with E-state index < -0.39 is 0 Å². The number of nitrogens with one attached hydrogen (secondary N) is 2. The van der Waals surface area contributed by atoms with E-state index in [1.54, 1.807) is 14.2 Å². The van der Waals surface area contributed by atoms with Gasteiger partial charge in [0.2, 0.25) is 0 Å². The van der Waals surface area contributed by atoms with Crippen molar-refractivity contribution in [2.45, 2.75) is 13.0 Å². The second-order valence-electron chi connectivity index (χ2n) is 6.27. The molecule has 6 nitrogen and oxygen atoms in total. The number of guanidine groups is 1. The third-order valence-corrected chi connectivity index (χ3v) is 4.22. The second-order valence-corrected chi connectivity index (χ2v) is 6.27. The minimum absolute atomic E-state index is 0.236. The summed E-state index contributed by atoms with van der Waals surface area (Å²) in [6, 6.07) is 16.4. The van der Waals surface area contributed by atoms with Crippen molar-refractivity contribution < 1.29 is 9.47 Å². The van der Waals surface area contributed by atoms with Gasteiger partial charge in [0.05, 0.1) is 19.8 Å². The number of benzene rings is 2. The molecule has 1 unspecified atom stereocenters. The second kappa shape index (κ2) is 10.4. The van der Waals surface area contributed by atoms with E-state index in [2.05, 4.69) is 58.9 Å². The molecule has 0 saturated heterocycles. The first-order valence-corrected chi connectivity index (χ1v) is 9.08. The van der Waals surface area contributed by atoms with E-state index in [9.17, 15) is 0 Å². The highest BCUT2D eigenvalue weighted by Gasteiger charge is 2.14. The van der Waals surface area contributed by atoms with Gasteiger partial charge in [-0.3, -0.25) is 4.99 Å². The maximum atomic E-state index is 5.64. The van der Waals surface area contributed by atoms with Crippen molar-refractivity contribution in [3.8, 4) is 11.5 Å². The summed E-state index contributed by atoms with van der Waals surface area (Å²) < 4.78 is 11.0. The van der Waals surface area contributed by atoms with E-state index in [1.165, 1.54) is 5.56 Å². The van der Waals surface area contributed by atoms with Crippen molar-refractivity contribution in [3.05, 3.63) is 54.1 Å². The molecular formula is C21H30N4O2. The minimum Gasteiger partial charge on any atom is -0.493 e. The summed E-state index contributed by atoms with van der Waals surface area (Å²) in [5.41, 5.74) is 2.14. The average molecular weight is 370 g/mol. The molecule has 146 valence electrons. The zero-order valence-corrected chi connectivity index (χ0v) is 16.8. The van der Waals surface area contributed by atoms with Gasteiger partial charge >= 0.3 is 0 Å². The van der Waals surface area contributed by atoms with Gasteiger partial charge in [0, 0.05) is 25.3 Å². The molecule has 0 radical (unpaired) electrons. The van der Waals surface area contributed by atoms with Crippen molar-refractivity contribution in [3.63, 3.8) is 0 Å². The minimum atomic E-state index is 0.236. The molecule has 0 aliphatic heterocycles. The average Bonchev–Trinajstić information content (AvgIpc) is 2.68. The van der Waals surface area contributed by atoms with E-state index in [0.29, 0.717) is 24.1 Å². The molecule has 0 aliphatic rings. The van der Waals surface area contributed by atoms with Crippen LogP contribution >= 0.6 is 0 Å². The Bertz CT molecular complexity index is 732. The number of hydrogen-bond donors (Lipinski definition) is 2. The fourth-order valence-corrected chi connectivity index (χ4v) is 2.81. The van der Waals surface area contributed by atoms with Crippen LogP contribution in [0.3, 0.4) is 0 Å². The standard InChI is InChI=1S/C21H30N4O2/c1-6-27-20-14-17(12-13-19(20)26-5)24-21(22-2)23-15-18(25(3)4)16-10-8-7-9-11-16/h7-14,18H,6,15H2,1-5H3,(H2,22,23,24). The van der Waals surface area contributed by atoms with Gasteiger partial charge in [0.15, 0.2) is 17.5 Å². The first-order valence-electron chi connectivity index (χ1n) is 9.08. The fourth-order valence-electron chi connectivity index (χ4n) is 2.81. The van der Waals surface area contributed by atoms with Crippen molar-refractivity contribution >= 4 is 11.6 Å². The number of rotatable bonds is 8. The molecule has 1 atom stereocenters. The first-order chi connectivity index (χ1) is 13.1. The molecule has 0 heterocycles. The molecule has 27 heavy (non-hydrogen) atoms. The van der Waals surface area contributed by atoms with E-state index in [4.69, 9.17) is 9.47 Å². The highest BCUT2D eigenvalue weighted by atomic mass is 16.5. The van der Waals surface area contributed by atoms with Crippen LogP contribution in [-0.4, -0.2) is 52.3 Å². The number of hydrogen-bond acceptors (Lipinski definition) is 4. The van der Waals surface area contributed by atoms with Gasteiger partial charge in [-0.15, -0.1) is 0 Å². The maximum absolute atomic E-state index is 5.64. The summed E-state index contributed by atoms with van der Waals surface area (Å²) in [5, 5.41) is 6.71. The Balaban J connectivity index is 2.06. The molecule has 2 rings (SSSR count). The summed E-state index contributed by atoms with van der Waals surface area (Å²) >= 11 is 0. The number of likely N-dealkylation sites (N-methyl/N-ethyl adjacent to an activating group) is 1. The molecule has 0 aliphatic carbocycles. The Kier molecular flexibility index (Phi) is 7.95. The lowest BCUT2D eigenvalue weighted by Gasteiger charge is -2.26. The van der Waals surface area contributed by atoms with Crippen molar-refractivity contribution in [1.82, 2.24) is 10.2 Å². The lowest BCUT2D eigenvalue weighted by molar-refractivity contribution is 0.299. The topological polar surface area (TPSA) is 58.1 Å². The Morgan fingerprint density at radius 2 is 1.85 bits per heavy atom. The molecule has 0 saturated carbocycles. The van der Waals surface area contributed by atoms with Crippen LogP contribution in [0.15, 0.2) is 53.5 Å². The quantitative estimate of drug-likeness (QED) is 0.551. The third-order valence-electron chi connectivity index (χ3n) is 4.22. The van der Waals surface area contributed by atoms with Gasteiger partial charge in [-0.25, -0.2) is 0 Å². The summed E-state index contributed by atoms with van der Waals surface area (Å²) in [4.78, 5) is 6.52. The van der Waals surface area contributed by atoms with Crippen LogP contribution in [0.1, 0.15) is 18.5 Å². The van der Waals surface area contributed by atoms with E-state index in [-0.39, 0.29) is 6.04 Å². The molecule has 0 aromatic heterocycles. The number of aliphatic imine (C=N–C) groups is 1. The number of anilines is 1. The van der Waals surface area contributed by atoms with Crippen LogP contribution in [-0.2, 0) is 0 Å². The highest BCUT2D eigenvalue weighted by molar-refractivity contribution is 5.93. The van der Waals surface area contributed by atoms with Crippen LogP contribution in [0.4, 0.5) is 5.69 Å². The Hall–Kier alpha value is -2.73. The molecule has 0 spiro atoms. The zero-order chi connectivity index (χ0) is 19.6. The zero-order valence-electron chi connectivity index (χ0n) is 16.8. The van der Waals surface area contributed by atoms with E-state index in [0.717, 1.165) is 12.2 Å². The lowest BCUT2D eigenvalue weighted by atomic mass is 10.1. The monoisotopic (exact) mass is 370 g/mol. The Labute approximate surface area is 162 Å². The normalized spacial score (nSPS) is 12.6. The molecule has 0 fully saturated rings. The summed E-state index contributed by atoms with van der Waals surface area (Å²) in [6.07, 6.45) is 0. The molecular weight excluding hydrogens is 340 g/mol. The molecule has 0 bridgehead atoms. The summed E-state index contributed by atoms with van der Waals surface area (Å²) in [6.45, 7) is 3.25.